The van der Waals surface area contributed by atoms with Crippen molar-refractivity contribution in [3.05, 3.63) is 34.9 Å². The summed E-state index contributed by atoms with van der Waals surface area (Å²) >= 11 is 0. The van der Waals surface area contributed by atoms with Crippen LogP contribution >= 0.6 is 0 Å². The minimum atomic E-state index is -0.0604. The molecule has 0 radical (unpaired) electrons. The van der Waals surface area contributed by atoms with E-state index in [9.17, 15) is 9.59 Å². The molecule has 2 amide bonds. The Morgan fingerprint density at radius 3 is 1.96 bits per heavy atom. The van der Waals surface area contributed by atoms with Crippen LogP contribution in [0.5, 0.6) is 0 Å². The molecule has 0 spiro atoms. The number of carbonyl (C=O) groups excluding carboxylic acids is 2. The summed E-state index contributed by atoms with van der Waals surface area (Å²) in [6.07, 6.45) is 0. The number of piperazine rings is 1. The van der Waals surface area contributed by atoms with Crippen molar-refractivity contribution >= 4 is 11.8 Å². The lowest BCUT2D eigenvalue weighted by Gasteiger charge is -2.39. The quantitative estimate of drug-likeness (QED) is 0.819. The summed E-state index contributed by atoms with van der Waals surface area (Å²) in [5, 5.41) is 8.73. The number of nitrogens with zero attached hydrogens (tertiary/aromatic N) is 6. The fraction of sp³-hybridized carbons (Fsp3) is 0.579. The molecular weight excluding hydrogens is 344 g/mol. The van der Waals surface area contributed by atoms with E-state index >= 15 is 0 Å². The highest BCUT2D eigenvalue weighted by Gasteiger charge is 2.33. The summed E-state index contributed by atoms with van der Waals surface area (Å²) in [5.41, 5.74) is 2.90. The Balaban J connectivity index is 1.73. The first-order valence-electron chi connectivity index (χ1n) is 9.54. The van der Waals surface area contributed by atoms with E-state index in [-0.39, 0.29) is 17.9 Å². The summed E-state index contributed by atoms with van der Waals surface area (Å²) in [7, 11) is 0. The Morgan fingerprint density at radius 1 is 0.963 bits per heavy atom. The molecule has 1 aliphatic heterocycles. The number of amides is 2. The minimum absolute atomic E-state index is 0.0218. The monoisotopic (exact) mass is 372 g/mol. The molecule has 2 aromatic heterocycles. The van der Waals surface area contributed by atoms with Gasteiger partial charge in [0.25, 0.3) is 11.8 Å². The largest absolute Gasteiger partial charge is 0.333 e. The van der Waals surface area contributed by atoms with Gasteiger partial charge in [0.05, 0.1) is 11.4 Å². The average Bonchev–Trinajstić information content (AvgIpc) is 3.22. The molecule has 146 valence electrons. The highest BCUT2D eigenvalue weighted by molar-refractivity contribution is 5.94. The van der Waals surface area contributed by atoms with Gasteiger partial charge in [0.15, 0.2) is 0 Å². The Hall–Kier alpha value is -2.64. The molecule has 3 heterocycles. The first kappa shape index (κ1) is 19.1. The maximum Gasteiger partial charge on any atom is 0.272 e. The lowest BCUT2D eigenvalue weighted by Crippen LogP contribution is -2.55. The maximum atomic E-state index is 13.0. The van der Waals surface area contributed by atoms with Gasteiger partial charge in [-0.05, 0) is 46.8 Å². The van der Waals surface area contributed by atoms with Crippen LogP contribution in [0.1, 0.15) is 53.1 Å². The number of carbonyl (C=O) groups is 2. The van der Waals surface area contributed by atoms with Gasteiger partial charge < -0.3 is 9.80 Å². The maximum absolute atomic E-state index is 13.0. The predicted molar refractivity (Wildman–Crippen MR) is 102 cm³/mol. The van der Waals surface area contributed by atoms with Crippen molar-refractivity contribution in [3.8, 4) is 0 Å². The lowest BCUT2D eigenvalue weighted by atomic mass is 10.1. The van der Waals surface area contributed by atoms with Crippen LogP contribution in [0.3, 0.4) is 0 Å². The van der Waals surface area contributed by atoms with Crippen molar-refractivity contribution in [2.75, 3.05) is 19.6 Å². The molecule has 1 fully saturated rings. The van der Waals surface area contributed by atoms with E-state index in [4.69, 9.17) is 0 Å². The van der Waals surface area contributed by atoms with Crippen molar-refractivity contribution in [1.29, 1.82) is 0 Å². The van der Waals surface area contributed by atoms with E-state index in [1.54, 1.807) is 9.36 Å². The zero-order chi connectivity index (χ0) is 19.7. The van der Waals surface area contributed by atoms with Crippen LogP contribution in [0, 0.1) is 13.8 Å². The molecule has 0 aliphatic carbocycles. The van der Waals surface area contributed by atoms with Gasteiger partial charge in [-0.15, -0.1) is 0 Å². The summed E-state index contributed by atoms with van der Waals surface area (Å²) in [4.78, 5) is 29.6. The van der Waals surface area contributed by atoms with Crippen molar-refractivity contribution in [3.63, 3.8) is 0 Å². The molecule has 27 heavy (non-hydrogen) atoms. The summed E-state index contributed by atoms with van der Waals surface area (Å²) in [6.45, 7) is 12.6. The van der Waals surface area contributed by atoms with E-state index < -0.39 is 0 Å². The van der Waals surface area contributed by atoms with Crippen LogP contribution in [0.2, 0.25) is 0 Å². The number of hydrogen-bond acceptors (Lipinski definition) is 4. The Morgan fingerprint density at radius 2 is 1.48 bits per heavy atom. The molecule has 0 N–H and O–H groups in total. The van der Waals surface area contributed by atoms with Gasteiger partial charge in [0, 0.05) is 38.8 Å². The predicted octanol–water partition coefficient (Wildman–Crippen LogP) is 1.72. The normalized spacial score (nSPS) is 17.4. The van der Waals surface area contributed by atoms with Crippen LogP contribution < -0.4 is 0 Å². The smallest absolute Gasteiger partial charge is 0.272 e. The fourth-order valence-electron chi connectivity index (χ4n) is 3.67. The topological polar surface area (TPSA) is 76.3 Å². The molecule has 3 rings (SSSR count). The molecule has 2 aromatic rings. The van der Waals surface area contributed by atoms with Crippen molar-refractivity contribution in [2.24, 2.45) is 0 Å². The molecule has 0 unspecified atom stereocenters. The van der Waals surface area contributed by atoms with E-state index in [0.717, 1.165) is 11.4 Å². The third-order valence-electron chi connectivity index (χ3n) is 5.02. The first-order valence-corrected chi connectivity index (χ1v) is 9.54. The Bertz CT molecular complexity index is 853. The molecular formula is C19H28N6O2. The Kier molecular flexibility index (Phi) is 5.34. The van der Waals surface area contributed by atoms with E-state index in [1.165, 1.54) is 0 Å². The third-order valence-corrected chi connectivity index (χ3v) is 5.02. The van der Waals surface area contributed by atoms with Crippen LogP contribution in [0.4, 0.5) is 0 Å². The third kappa shape index (κ3) is 3.61. The second kappa shape index (κ2) is 7.54. The minimum Gasteiger partial charge on any atom is -0.333 e. The van der Waals surface area contributed by atoms with Gasteiger partial charge >= 0.3 is 0 Å². The Labute approximate surface area is 159 Å². The summed E-state index contributed by atoms with van der Waals surface area (Å²) in [5.74, 6) is -0.0441. The second-order valence-electron chi connectivity index (χ2n) is 7.07. The zero-order valence-corrected chi connectivity index (χ0v) is 16.8. The van der Waals surface area contributed by atoms with E-state index in [0.29, 0.717) is 44.1 Å². The number of rotatable bonds is 4. The summed E-state index contributed by atoms with van der Waals surface area (Å²) in [6, 6.07) is 3.60. The second-order valence-corrected chi connectivity index (χ2v) is 7.07. The van der Waals surface area contributed by atoms with Gasteiger partial charge in [-0.2, -0.15) is 10.2 Å². The van der Waals surface area contributed by atoms with Gasteiger partial charge in [-0.3, -0.25) is 19.0 Å². The highest BCUT2D eigenvalue weighted by Crippen LogP contribution is 2.17. The molecule has 1 aliphatic rings. The molecule has 0 saturated carbocycles. The standard InChI is InChI=1S/C19H28N6O2/c1-6-24-16(10-13(3)20-24)18(26)22-8-9-23(15(5)12-22)19(27)17-11-14(4)21-25(17)7-2/h10-11,15H,6-9,12H2,1-5H3/t15-/m0/s1. The molecule has 0 aromatic carbocycles. The first-order chi connectivity index (χ1) is 12.8. The van der Waals surface area contributed by atoms with Gasteiger partial charge in [0.1, 0.15) is 11.4 Å². The number of aryl methyl sites for hydroxylation is 4. The molecule has 8 heteroatoms. The number of hydrogen-bond donors (Lipinski definition) is 0. The van der Waals surface area contributed by atoms with E-state index in [1.807, 2.05) is 56.6 Å². The zero-order valence-electron chi connectivity index (χ0n) is 16.8. The molecule has 0 bridgehead atoms. The van der Waals surface area contributed by atoms with Crippen molar-refractivity contribution in [2.45, 2.75) is 53.8 Å². The lowest BCUT2D eigenvalue weighted by molar-refractivity contribution is 0.0401. The molecule has 8 nitrogen and oxygen atoms in total. The SMILES string of the molecule is CCn1nc(C)cc1C(=O)N1CCN(C(=O)c2cc(C)nn2CC)[C@@H](C)C1. The van der Waals surface area contributed by atoms with Crippen LogP contribution in [-0.4, -0.2) is 66.9 Å². The fourth-order valence-corrected chi connectivity index (χ4v) is 3.67. The van der Waals surface area contributed by atoms with Crippen molar-refractivity contribution in [1.82, 2.24) is 29.4 Å². The van der Waals surface area contributed by atoms with E-state index in [2.05, 4.69) is 10.2 Å². The molecule has 1 saturated heterocycles. The average molecular weight is 372 g/mol. The van der Waals surface area contributed by atoms with Crippen LogP contribution in [-0.2, 0) is 13.1 Å². The van der Waals surface area contributed by atoms with Gasteiger partial charge in [0.2, 0.25) is 0 Å². The molecule has 1 atom stereocenters. The van der Waals surface area contributed by atoms with Gasteiger partial charge in [-0.25, -0.2) is 0 Å². The highest BCUT2D eigenvalue weighted by atomic mass is 16.2. The van der Waals surface area contributed by atoms with Gasteiger partial charge in [-0.1, -0.05) is 0 Å². The van der Waals surface area contributed by atoms with Crippen molar-refractivity contribution < 1.29 is 9.59 Å². The van der Waals surface area contributed by atoms with Crippen LogP contribution in [0.15, 0.2) is 12.1 Å². The number of aromatic nitrogens is 4. The summed E-state index contributed by atoms with van der Waals surface area (Å²) < 4.78 is 3.48. The van der Waals surface area contributed by atoms with Crippen LogP contribution in [0.25, 0.3) is 0 Å².